The molecule has 104 valence electrons. The van der Waals surface area contributed by atoms with E-state index in [0.717, 1.165) is 4.90 Å². The third-order valence-electron chi connectivity index (χ3n) is 2.42. The van der Waals surface area contributed by atoms with Crippen LogP contribution in [0.4, 0.5) is 5.69 Å². The van der Waals surface area contributed by atoms with Crippen molar-refractivity contribution in [2.24, 2.45) is 0 Å². The minimum Gasteiger partial charge on any atom is -0.468 e. The second-order valence-corrected chi connectivity index (χ2v) is 4.87. The molecule has 6 heteroatoms. The molecular formula is C14H13NO4S. The quantitative estimate of drug-likeness (QED) is 0.677. The molecule has 0 saturated heterocycles. The lowest BCUT2D eigenvalue weighted by atomic mass is 10.3. The number of thioether (sulfide) groups is 1. The van der Waals surface area contributed by atoms with Crippen LogP contribution < -0.4 is 5.32 Å². The van der Waals surface area contributed by atoms with Gasteiger partial charge in [0.2, 0.25) is 0 Å². The maximum atomic E-state index is 11.8. The van der Waals surface area contributed by atoms with Gasteiger partial charge in [0, 0.05) is 10.6 Å². The Morgan fingerprint density at radius 3 is 2.85 bits per heavy atom. The van der Waals surface area contributed by atoms with Gasteiger partial charge in [-0.1, -0.05) is 6.07 Å². The predicted molar refractivity (Wildman–Crippen MR) is 75.8 cm³/mol. The van der Waals surface area contributed by atoms with Crippen molar-refractivity contribution in [1.82, 2.24) is 0 Å². The molecule has 0 atom stereocenters. The first-order chi connectivity index (χ1) is 9.69. The van der Waals surface area contributed by atoms with Crippen LogP contribution in [0, 0.1) is 0 Å². The van der Waals surface area contributed by atoms with E-state index in [0.29, 0.717) is 5.69 Å². The number of hydrogen-bond donors (Lipinski definition) is 1. The summed E-state index contributed by atoms with van der Waals surface area (Å²) in [5.74, 6) is -0.130. The van der Waals surface area contributed by atoms with Gasteiger partial charge in [-0.25, -0.2) is 0 Å². The van der Waals surface area contributed by atoms with Gasteiger partial charge in [0.25, 0.3) is 5.91 Å². The molecule has 0 spiro atoms. The number of hydrogen-bond acceptors (Lipinski definition) is 5. The largest absolute Gasteiger partial charge is 0.468 e. The molecule has 2 aromatic rings. The fourth-order valence-electron chi connectivity index (χ4n) is 1.47. The normalized spacial score (nSPS) is 10.1. The highest BCUT2D eigenvalue weighted by Gasteiger charge is 2.09. The van der Waals surface area contributed by atoms with Crippen LogP contribution in [-0.4, -0.2) is 24.7 Å². The van der Waals surface area contributed by atoms with Gasteiger partial charge in [-0.15, -0.1) is 11.8 Å². The summed E-state index contributed by atoms with van der Waals surface area (Å²) in [5, 5.41) is 2.72. The average Bonchev–Trinajstić information content (AvgIpc) is 2.99. The summed E-state index contributed by atoms with van der Waals surface area (Å²) in [6.45, 7) is 0. The third-order valence-corrected chi connectivity index (χ3v) is 3.39. The van der Waals surface area contributed by atoms with Crippen LogP contribution in [0.2, 0.25) is 0 Å². The number of carbonyl (C=O) groups excluding carboxylic acids is 2. The van der Waals surface area contributed by atoms with Crippen molar-refractivity contribution in [3.63, 3.8) is 0 Å². The van der Waals surface area contributed by atoms with E-state index in [4.69, 9.17) is 4.42 Å². The maximum absolute atomic E-state index is 11.8. The number of rotatable bonds is 5. The van der Waals surface area contributed by atoms with Gasteiger partial charge in [0.1, 0.15) is 0 Å². The summed E-state index contributed by atoms with van der Waals surface area (Å²) >= 11 is 1.34. The van der Waals surface area contributed by atoms with E-state index in [1.165, 1.54) is 25.1 Å². The maximum Gasteiger partial charge on any atom is 0.315 e. The molecule has 0 aliphatic rings. The SMILES string of the molecule is COC(=O)CSc1cccc(NC(=O)c2ccco2)c1. The van der Waals surface area contributed by atoms with Gasteiger partial charge < -0.3 is 14.5 Å². The lowest BCUT2D eigenvalue weighted by Crippen LogP contribution is -2.10. The standard InChI is InChI=1S/C14H13NO4S/c1-18-13(16)9-20-11-5-2-4-10(8-11)15-14(17)12-6-3-7-19-12/h2-8H,9H2,1H3,(H,15,17). The Balaban J connectivity index is 1.99. The van der Waals surface area contributed by atoms with E-state index in [1.807, 2.05) is 6.07 Å². The summed E-state index contributed by atoms with van der Waals surface area (Å²) in [4.78, 5) is 23.8. The molecule has 0 radical (unpaired) electrons. The summed E-state index contributed by atoms with van der Waals surface area (Å²) in [6, 6.07) is 10.5. The Bertz CT molecular complexity index is 595. The van der Waals surface area contributed by atoms with Crippen molar-refractivity contribution in [3.05, 3.63) is 48.4 Å². The smallest absolute Gasteiger partial charge is 0.315 e. The molecule has 1 aromatic heterocycles. The number of esters is 1. The number of nitrogens with one attached hydrogen (secondary N) is 1. The Labute approximate surface area is 120 Å². The molecule has 1 heterocycles. The van der Waals surface area contributed by atoms with Crippen molar-refractivity contribution in [1.29, 1.82) is 0 Å². The highest BCUT2D eigenvalue weighted by molar-refractivity contribution is 8.00. The van der Waals surface area contributed by atoms with Gasteiger partial charge in [0.05, 0.1) is 19.1 Å². The lowest BCUT2D eigenvalue weighted by molar-refractivity contribution is -0.137. The molecule has 0 saturated carbocycles. The van der Waals surface area contributed by atoms with Crippen LogP contribution in [0.25, 0.3) is 0 Å². The number of carbonyl (C=O) groups is 2. The molecule has 0 aliphatic carbocycles. The summed E-state index contributed by atoms with van der Waals surface area (Å²) in [6.07, 6.45) is 1.44. The zero-order valence-electron chi connectivity index (χ0n) is 10.8. The molecule has 0 unspecified atom stereocenters. The van der Waals surface area contributed by atoms with E-state index in [2.05, 4.69) is 10.1 Å². The van der Waals surface area contributed by atoms with E-state index < -0.39 is 0 Å². The fraction of sp³-hybridized carbons (Fsp3) is 0.143. The highest BCUT2D eigenvalue weighted by atomic mass is 32.2. The van der Waals surface area contributed by atoms with Crippen molar-refractivity contribution in [3.8, 4) is 0 Å². The van der Waals surface area contributed by atoms with Gasteiger partial charge >= 0.3 is 5.97 Å². The molecule has 0 aliphatic heterocycles. The first kappa shape index (κ1) is 14.2. The van der Waals surface area contributed by atoms with Gasteiger partial charge in [0.15, 0.2) is 5.76 Å². The summed E-state index contributed by atoms with van der Waals surface area (Å²) in [5.41, 5.74) is 0.640. The van der Waals surface area contributed by atoms with Crippen molar-refractivity contribution in [2.45, 2.75) is 4.90 Å². The number of amides is 1. The van der Waals surface area contributed by atoms with E-state index in [-0.39, 0.29) is 23.4 Å². The minimum atomic E-state index is -0.315. The zero-order chi connectivity index (χ0) is 14.4. The Morgan fingerprint density at radius 1 is 1.30 bits per heavy atom. The molecular weight excluding hydrogens is 278 g/mol. The monoisotopic (exact) mass is 291 g/mol. The Hall–Kier alpha value is -2.21. The second-order valence-electron chi connectivity index (χ2n) is 3.82. The van der Waals surface area contributed by atoms with Crippen LogP contribution >= 0.6 is 11.8 Å². The molecule has 5 nitrogen and oxygen atoms in total. The molecule has 0 fully saturated rings. The Kier molecular flexibility index (Phi) is 4.84. The van der Waals surface area contributed by atoms with Crippen LogP contribution in [0.15, 0.2) is 52.0 Å². The number of benzene rings is 1. The van der Waals surface area contributed by atoms with Crippen molar-refractivity contribution >= 4 is 29.3 Å². The number of ether oxygens (including phenoxy) is 1. The fourth-order valence-corrected chi connectivity index (χ4v) is 2.25. The third kappa shape index (κ3) is 3.89. The van der Waals surface area contributed by atoms with Gasteiger partial charge in [-0.2, -0.15) is 0 Å². The summed E-state index contributed by atoms with van der Waals surface area (Å²) in [7, 11) is 1.35. The predicted octanol–water partition coefficient (Wildman–Crippen LogP) is 2.80. The van der Waals surface area contributed by atoms with E-state index in [9.17, 15) is 9.59 Å². The first-order valence-corrected chi connectivity index (χ1v) is 6.82. The first-order valence-electron chi connectivity index (χ1n) is 5.83. The molecule has 1 aromatic carbocycles. The van der Waals surface area contributed by atoms with Crippen LogP contribution in [0.5, 0.6) is 0 Å². The van der Waals surface area contributed by atoms with Crippen LogP contribution in [0.3, 0.4) is 0 Å². The van der Waals surface area contributed by atoms with Crippen LogP contribution in [-0.2, 0) is 9.53 Å². The van der Waals surface area contributed by atoms with E-state index >= 15 is 0 Å². The molecule has 0 bridgehead atoms. The Morgan fingerprint density at radius 2 is 2.15 bits per heavy atom. The van der Waals surface area contributed by atoms with Crippen molar-refractivity contribution in [2.75, 3.05) is 18.2 Å². The van der Waals surface area contributed by atoms with Gasteiger partial charge in [-0.3, -0.25) is 9.59 Å². The molecule has 20 heavy (non-hydrogen) atoms. The number of anilines is 1. The molecule has 1 N–H and O–H groups in total. The highest BCUT2D eigenvalue weighted by Crippen LogP contribution is 2.22. The number of methoxy groups -OCH3 is 1. The second kappa shape index (κ2) is 6.81. The van der Waals surface area contributed by atoms with Crippen LogP contribution in [0.1, 0.15) is 10.6 Å². The summed E-state index contributed by atoms with van der Waals surface area (Å²) < 4.78 is 9.59. The number of furan rings is 1. The van der Waals surface area contributed by atoms with E-state index in [1.54, 1.807) is 30.3 Å². The lowest BCUT2D eigenvalue weighted by Gasteiger charge is -2.05. The topological polar surface area (TPSA) is 68.5 Å². The van der Waals surface area contributed by atoms with Gasteiger partial charge in [-0.05, 0) is 30.3 Å². The zero-order valence-corrected chi connectivity index (χ0v) is 11.6. The van der Waals surface area contributed by atoms with Crippen molar-refractivity contribution < 1.29 is 18.7 Å². The average molecular weight is 291 g/mol. The molecule has 2 rings (SSSR count). The molecule has 1 amide bonds. The minimum absolute atomic E-state index is 0.228.